The van der Waals surface area contributed by atoms with E-state index in [0.29, 0.717) is 31.3 Å². The van der Waals surface area contributed by atoms with Gasteiger partial charge in [0.05, 0.1) is 11.6 Å². The Kier molecular flexibility index (Phi) is 5.94. The minimum Gasteiger partial charge on any atom is -0.370 e. The van der Waals surface area contributed by atoms with Crippen molar-refractivity contribution in [3.05, 3.63) is 29.8 Å². The van der Waals surface area contributed by atoms with Gasteiger partial charge in [0, 0.05) is 24.8 Å². The molecule has 0 spiro atoms. The zero-order valence-corrected chi connectivity index (χ0v) is 16.7. The fourth-order valence-electron chi connectivity index (χ4n) is 5.09. The van der Waals surface area contributed by atoms with Gasteiger partial charge in [-0.05, 0) is 56.2 Å². The first-order chi connectivity index (χ1) is 13.1. The Balaban J connectivity index is 1.78. The van der Waals surface area contributed by atoms with Crippen molar-refractivity contribution in [3.63, 3.8) is 0 Å². The van der Waals surface area contributed by atoms with Crippen LogP contribution in [0.3, 0.4) is 0 Å². The summed E-state index contributed by atoms with van der Waals surface area (Å²) in [5, 5.41) is 0. The molecule has 2 fully saturated rings. The third-order valence-corrected chi connectivity index (χ3v) is 6.41. The van der Waals surface area contributed by atoms with Crippen molar-refractivity contribution in [2.45, 2.75) is 51.4 Å². The average molecular weight is 397 g/mol. The number of carbonyl (C=O) groups is 1. The number of para-hydroxylation sites is 1. The number of rotatable bonds is 6. The van der Waals surface area contributed by atoms with E-state index in [2.05, 4.69) is 18.7 Å². The van der Waals surface area contributed by atoms with Crippen molar-refractivity contribution in [3.8, 4) is 0 Å². The van der Waals surface area contributed by atoms with Gasteiger partial charge >= 0.3 is 6.18 Å². The van der Waals surface area contributed by atoms with Gasteiger partial charge < -0.3 is 10.6 Å². The largest absolute Gasteiger partial charge is 0.418 e. The van der Waals surface area contributed by atoms with E-state index in [1.54, 1.807) is 12.1 Å². The highest BCUT2D eigenvalue weighted by Crippen LogP contribution is 2.45. The molecule has 1 aromatic rings. The van der Waals surface area contributed by atoms with Crippen LogP contribution in [0.1, 0.15) is 38.7 Å². The standard InChI is InChI=1S/C21H30F3N3O/c1-13(2)10-19(20(25)28)26(3)17-9-8-14-11-27(12-15(14)17)18-7-5-4-6-16(18)21(22,23)24/h4-7,13-15,17,19H,8-12H2,1-3H3,(H2,25,28)/t14-,15+,17+,19+/m1/s1. The maximum Gasteiger partial charge on any atom is 0.418 e. The Morgan fingerprint density at radius 2 is 1.93 bits per heavy atom. The summed E-state index contributed by atoms with van der Waals surface area (Å²) in [4.78, 5) is 16.0. The molecule has 3 rings (SSSR count). The lowest BCUT2D eigenvalue weighted by atomic mass is 9.94. The van der Waals surface area contributed by atoms with Crippen molar-refractivity contribution < 1.29 is 18.0 Å². The van der Waals surface area contributed by atoms with Crippen LogP contribution in [0.2, 0.25) is 0 Å². The molecule has 1 aromatic carbocycles. The number of fused-ring (bicyclic) bond motifs is 1. The predicted molar refractivity (Wildman–Crippen MR) is 104 cm³/mol. The zero-order chi connectivity index (χ0) is 20.6. The summed E-state index contributed by atoms with van der Waals surface area (Å²) in [5.41, 5.74) is 5.35. The molecule has 1 saturated heterocycles. The molecule has 28 heavy (non-hydrogen) atoms. The van der Waals surface area contributed by atoms with E-state index in [9.17, 15) is 18.0 Å². The van der Waals surface area contributed by atoms with Gasteiger partial charge in [-0.1, -0.05) is 26.0 Å². The summed E-state index contributed by atoms with van der Waals surface area (Å²) < 4.78 is 40.3. The Morgan fingerprint density at radius 1 is 1.25 bits per heavy atom. The first-order valence-electron chi connectivity index (χ1n) is 10.0. The number of anilines is 1. The number of hydrogen-bond donors (Lipinski definition) is 1. The summed E-state index contributed by atoms with van der Waals surface area (Å²) in [5.74, 6) is 0.620. The topological polar surface area (TPSA) is 49.6 Å². The van der Waals surface area contributed by atoms with E-state index < -0.39 is 11.7 Å². The molecule has 2 N–H and O–H groups in total. The monoisotopic (exact) mass is 397 g/mol. The van der Waals surface area contributed by atoms with Crippen LogP contribution in [0.4, 0.5) is 18.9 Å². The fraction of sp³-hybridized carbons (Fsp3) is 0.667. The zero-order valence-electron chi connectivity index (χ0n) is 16.7. The highest BCUT2D eigenvalue weighted by Gasteiger charge is 2.47. The van der Waals surface area contributed by atoms with E-state index in [1.165, 1.54) is 6.07 Å². The minimum atomic E-state index is -4.36. The van der Waals surface area contributed by atoms with E-state index in [1.807, 2.05) is 11.9 Å². The summed E-state index contributed by atoms with van der Waals surface area (Å²) in [6.45, 7) is 5.34. The van der Waals surface area contributed by atoms with Crippen LogP contribution in [0, 0.1) is 17.8 Å². The number of nitrogens with zero attached hydrogens (tertiary/aromatic N) is 2. The normalized spacial score (nSPS) is 26.1. The minimum absolute atomic E-state index is 0.171. The second kappa shape index (κ2) is 7.93. The van der Waals surface area contributed by atoms with E-state index in [4.69, 9.17) is 5.73 Å². The molecule has 0 radical (unpaired) electrons. The number of hydrogen-bond acceptors (Lipinski definition) is 3. The Labute approximate surface area is 164 Å². The van der Waals surface area contributed by atoms with Gasteiger partial charge in [-0.3, -0.25) is 9.69 Å². The molecule has 4 atom stereocenters. The highest BCUT2D eigenvalue weighted by atomic mass is 19.4. The number of carbonyl (C=O) groups excluding carboxylic acids is 1. The van der Waals surface area contributed by atoms with Crippen LogP contribution in [0.15, 0.2) is 24.3 Å². The molecule has 1 aliphatic heterocycles. The number of amides is 1. The molecule has 1 aliphatic carbocycles. The van der Waals surface area contributed by atoms with Crippen LogP contribution >= 0.6 is 0 Å². The Hall–Kier alpha value is -1.76. The maximum absolute atomic E-state index is 13.4. The molecule has 4 nitrogen and oxygen atoms in total. The first kappa shape index (κ1) is 21.0. The molecule has 0 unspecified atom stereocenters. The highest BCUT2D eigenvalue weighted by molar-refractivity contribution is 5.79. The van der Waals surface area contributed by atoms with Gasteiger partial charge in [0.25, 0.3) is 0 Å². The molecule has 0 aromatic heterocycles. The van der Waals surface area contributed by atoms with E-state index in [0.717, 1.165) is 18.9 Å². The molecule has 1 saturated carbocycles. The van der Waals surface area contributed by atoms with Gasteiger partial charge in [0.1, 0.15) is 0 Å². The SMILES string of the molecule is CC(C)C[C@@H](C(N)=O)N(C)[C@H]1CC[C@@H]2CN(c3ccccc3C(F)(F)F)C[C@@H]21. The quantitative estimate of drug-likeness (QED) is 0.795. The third-order valence-electron chi connectivity index (χ3n) is 6.41. The lowest BCUT2D eigenvalue weighted by molar-refractivity contribution is -0.137. The van der Waals surface area contributed by atoms with Crippen LogP contribution < -0.4 is 10.6 Å². The van der Waals surface area contributed by atoms with Gasteiger partial charge in [0.15, 0.2) is 0 Å². The lowest BCUT2D eigenvalue weighted by Gasteiger charge is -2.35. The average Bonchev–Trinajstić information content (AvgIpc) is 3.18. The van der Waals surface area contributed by atoms with Crippen molar-refractivity contribution in [1.29, 1.82) is 0 Å². The van der Waals surface area contributed by atoms with Crippen molar-refractivity contribution in [1.82, 2.24) is 4.90 Å². The van der Waals surface area contributed by atoms with Crippen LogP contribution in [-0.2, 0) is 11.0 Å². The number of likely N-dealkylation sites (N-methyl/N-ethyl adjacent to an activating group) is 1. The summed E-state index contributed by atoms with van der Waals surface area (Å²) in [6.07, 6.45) is -1.74. The number of benzene rings is 1. The van der Waals surface area contributed by atoms with Crippen molar-refractivity contribution in [2.24, 2.45) is 23.5 Å². The summed E-state index contributed by atoms with van der Waals surface area (Å²) in [6, 6.07) is 5.65. The summed E-state index contributed by atoms with van der Waals surface area (Å²) >= 11 is 0. The van der Waals surface area contributed by atoms with E-state index >= 15 is 0 Å². The van der Waals surface area contributed by atoms with Crippen LogP contribution in [-0.4, -0.2) is 43.0 Å². The predicted octanol–water partition coefficient (Wildman–Crippen LogP) is 3.75. The molecule has 1 heterocycles. The number of alkyl halides is 3. The molecule has 7 heteroatoms. The van der Waals surface area contributed by atoms with Crippen molar-refractivity contribution in [2.75, 3.05) is 25.0 Å². The number of primary amides is 1. The molecule has 2 aliphatic rings. The summed E-state index contributed by atoms with van der Waals surface area (Å²) in [7, 11) is 1.94. The lowest BCUT2D eigenvalue weighted by Crippen LogP contribution is -2.50. The Bertz CT molecular complexity index is 706. The third kappa shape index (κ3) is 4.14. The van der Waals surface area contributed by atoms with Crippen LogP contribution in [0.25, 0.3) is 0 Å². The van der Waals surface area contributed by atoms with Gasteiger partial charge in [0.2, 0.25) is 5.91 Å². The van der Waals surface area contributed by atoms with Gasteiger partial charge in [-0.2, -0.15) is 13.2 Å². The van der Waals surface area contributed by atoms with Gasteiger partial charge in [-0.15, -0.1) is 0 Å². The second-order valence-electron chi connectivity index (χ2n) is 8.70. The molecule has 0 bridgehead atoms. The Morgan fingerprint density at radius 3 is 2.54 bits per heavy atom. The van der Waals surface area contributed by atoms with Gasteiger partial charge in [-0.25, -0.2) is 0 Å². The number of halogens is 3. The molecular weight excluding hydrogens is 367 g/mol. The first-order valence-corrected chi connectivity index (χ1v) is 10.0. The van der Waals surface area contributed by atoms with Crippen molar-refractivity contribution >= 4 is 11.6 Å². The molecule has 156 valence electrons. The number of nitrogens with two attached hydrogens (primary N) is 1. The second-order valence-corrected chi connectivity index (χ2v) is 8.70. The smallest absolute Gasteiger partial charge is 0.370 e. The molecule has 1 amide bonds. The van der Waals surface area contributed by atoms with E-state index in [-0.39, 0.29) is 29.6 Å². The molecular formula is C21H30F3N3O. The fourth-order valence-corrected chi connectivity index (χ4v) is 5.09. The van der Waals surface area contributed by atoms with Crippen LogP contribution in [0.5, 0.6) is 0 Å². The maximum atomic E-state index is 13.4.